The van der Waals surface area contributed by atoms with Crippen molar-refractivity contribution in [3.63, 3.8) is 0 Å². The van der Waals surface area contributed by atoms with Crippen LogP contribution < -0.4 is 0 Å². The molecular weight excluding hydrogens is 214 g/mol. The van der Waals surface area contributed by atoms with E-state index in [0.717, 1.165) is 5.56 Å². The van der Waals surface area contributed by atoms with Gasteiger partial charge in [0, 0.05) is 6.92 Å². The van der Waals surface area contributed by atoms with Gasteiger partial charge in [-0.2, -0.15) is 0 Å². The van der Waals surface area contributed by atoms with Crippen molar-refractivity contribution < 1.29 is 4.79 Å². The van der Waals surface area contributed by atoms with Gasteiger partial charge in [-0.1, -0.05) is 42.1 Å². The second kappa shape index (κ2) is 4.33. The fraction of sp³-hybridized carbons (Fsp3) is 0.154. The van der Waals surface area contributed by atoms with E-state index in [2.05, 4.69) is 16.9 Å². The zero-order valence-corrected chi connectivity index (χ0v) is 9.84. The number of hydrogen-bond donors (Lipinski definition) is 0. The first-order valence-electron chi connectivity index (χ1n) is 5.29. The molecule has 0 N–H and O–H groups in total. The number of nitrogens with zero attached hydrogens (tertiary/aromatic N) is 3. The van der Waals surface area contributed by atoms with Crippen LogP contribution in [0.15, 0.2) is 36.9 Å². The van der Waals surface area contributed by atoms with E-state index in [9.17, 15) is 4.79 Å². The van der Waals surface area contributed by atoms with Crippen molar-refractivity contribution >= 4 is 11.5 Å². The van der Waals surface area contributed by atoms with Crippen LogP contribution >= 0.6 is 0 Å². The van der Waals surface area contributed by atoms with Gasteiger partial charge in [0.2, 0.25) is 0 Å². The minimum Gasteiger partial charge on any atom is -0.293 e. The number of carbonyl (C=O) groups excluding carboxylic acids is 1. The first-order chi connectivity index (χ1) is 8.11. The molecule has 0 aliphatic heterocycles. The zero-order chi connectivity index (χ0) is 12.4. The van der Waals surface area contributed by atoms with Crippen LogP contribution in [0.5, 0.6) is 0 Å². The summed E-state index contributed by atoms with van der Waals surface area (Å²) >= 11 is 0. The van der Waals surface area contributed by atoms with Gasteiger partial charge >= 0.3 is 0 Å². The first kappa shape index (κ1) is 11.3. The van der Waals surface area contributed by atoms with E-state index >= 15 is 0 Å². The summed E-state index contributed by atoms with van der Waals surface area (Å²) in [6, 6.07) is 9.68. The van der Waals surface area contributed by atoms with E-state index in [-0.39, 0.29) is 5.78 Å². The summed E-state index contributed by atoms with van der Waals surface area (Å²) in [4.78, 5) is 11.3. The van der Waals surface area contributed by atoms with Crippen molar-refractivity contribution in [1.29, 1.82) is 0 Å². The Morgan fingerprint density at radius 3 is 2.47 bits per heavy atom. The predicted octanol–water partition coefficient (Wildman–Crippen LogP) is 2.31. The van der Waals surface area contributed by atoms with Crippen molar-refractivity contribution in [3.8, 4) is 0 Å². The fourth-order valence-corrected chi connectivity index (χ4v) is 1.66. The highest BCUT2D eigenvalue weighted by Gasteiger charge is 2.14. The highest BCUT2D eigenvalue weighted by Crippen LogP contribution is 2.16. The third-order valence-corrected chi connectivity index (χ3v) is 2.59. The number of ketones is 1. The maximum atomic E-state index is 11.3. The molecule has 0 aliphatic rings. The van der Waals surface area contributed by atoms with Gasteiger partial charge in [-0.3, -0.25) is 4.79 Å². The number of rotatable bonds is 3. The van der Waals surface area contributed by atoms with Crippen LogP contribution in [-0.2, 0) is 0 Å². The molecule has 1 heterocycles. The summed E-state index contributed by atoms with van der Waals surface area (Å²) in [5, 5.41) is 7.82. The SMILES string of the molecule is C=C(c1ccccc1)n1nnc(C(C)=O)c1C. The summed E-state index contributed by atoms with van der Waals surface area (Å²) in [5.41, 5.74) is 2.77. The van der Waals surface area contributed by atoms with E-state index in [0.29, 0.717) is 17.1 Å². The molecule has 0 saturated heterocycles. The second-order valence-electron chi connectivity index (χ2n) is 3.80. The van der Waals surface area contributed by atoms with Gasteiger partial charge in [0.05, 0.1) is 11.4 Å². The zero-order valence-electron chi connectivity index (χ0n) is 9.84. The number of carbonyl (C=O) groups is 1. The van der Waals surface area contributed by atoms with Crippen molar-refractivity contribution in [1.82, 2.24) is 15.0 Å². The molecule has 0 aliphatic carbocycles. The van der Waals surface area contributed by atoms with E-state index in [1.807, 2.05) is 37.3 Å². The molecule has 4 nitrogen and oxygen atoms in total. The highest BCUT2D eigenvalue weighted by atomic mass is 16.1. The van der Waals surface area contributed by atoms with Crippen LogP contribution in [0.25, 0.3) is 5.70 Å². The Labute approximate surface area is 99.6 Å². The van der Waals surface area contributed by atoms with Crippen LogP contribution in [0.2, 0.25) is 0 Å². The average Bonchev–Trinajstić information content (AvgIpc) is 2.71. The summed E-state index contributed by atoms with van der Waals surface area (Å²) in [5.74, 6) is -0.0883. The van der Waals surface area contributed by atoms with Crippen molar-refractivity contribution in [3.05, 3.63) is 53.9 Å². The maximum absolute atomic E-state index is 11.3. The molecule has 0 fully saturated rings. The van der Waals surface area contributed by atoms with Crippen molar-refractivity contribution in [2.45, 2.75) is 13.8 Å². The lowest BCUT2D eigenvalue weighted by atomic mass is 10.1. The molecule has 2 rings (SSSR count). The first-order valence-corrected chi connectivity index (χ1v) is 5.29. The predicted molar refractivity (Wildman–Crippen MR) is 65.6 cm³/mol. The minimum atomic E-state index is -0.0883. The summed E-state index contributed by atoms with van der Waals surface area (Å²) in [6.07, 6.45) is 0. The molecule has 2 aromatic rings. The normalized spacial score (nSPS) is 10.2. The Morgan fingerprint density at radius 2 is 1.94 bits per heavy atom. The van der Waals surface area contributed by atoms with Crippen LogP contribution in [0.3, 0.4) is 0 Å². The molecule has 0 radical (unpaired) electrons. The van der Waals surface area contributed by atoms with Crippen LogP contribution in [0.4, 0.5) is 0 Å². The fourth-order valence-electron chi connectivity index (χ4n) is 1.66. The quantitative estimate of drug-likeness (QED) is 0.756. The van der Waals surface area contributed by atoms with Crippen molar-refractivity contribution in [2.24, 2.45) is 0 Å². The number of aromatic nitrogens is 3. The van der Waals surface area contributed by atoms with Gasteiger partial charge in [0.1, 0.15) is 0 Å². The number of Topliss-reactive ketones (excluding diaryl/α,β-unsaturated/α-hetero) is 1. The van der Waals surface area contributed by atoms with Crippen LogP contribution in [-0.4, -0.2) is 20.8 Å². The van der Waals surface area contributed by atoms with Crippen LogP contribution in [0.1, 0.15) is 28.7 Å². The van der Waals surface area contributed by atoms with Gasteiger partial charge in [0.15, 0.2) is 11.5 Å². The minimum absolute atomic E-state index is 0.0883. The Morgan fingerprint density at radius 1 is 1.29 bits per heavy atom. The Balaban J connectivity index is 2.42. The van der Waals surface area contributed by atoms with E-state index in [4.69, 9.17) is 0 Å². The largest absolute Gasteiger partial charge is 0.293 e. The third-order valence-electron chi connectivity index (χ3n) is 2.59. The topological polar surface area (TPSA) is 47.8 Å². The highest BCUT2D eigenvalue weighted by molar-refractivity contribution is 5.93. The summed E-state index contributed by atoms with van der Waals surface area (Å²) in [7, 11) is 0. The van der Waals surface area contributed by atoms with Crippen LogP contribution in [0, 0.1) is 6.92 Å². The van der Waals surface area contributed by atoms with Crippen molar-refractivity contribution in [2.75, 3.05) is 0 Å². The van der Waals surface area contributed by atoms with E-state index in [1.54, 1.807) is 4.68 Å². The second-order valence-corrected chi connectivity index (χ2v) is 3.80. The molecule has 0 atom stereocenters. The summed E-state index contributed by atoms with van der Waals surface area (Å²) in [6.45, 7) is 7.27. The van der Waals surface area contributed by atoms with Gasteiger partial charge < -0.3 is 0 Å². The maximum Gasteiger partial charge on any atom is 0.181 e. The molecule has 0 unspecified atom stereocenters. The Hall–Kier alpha value is -2.23. The van der Waals surface area contributed by atoms with Gasteiger partial charge in [-0.05, 0) is 12.5 Å². The van der Waals surface area contributed by atoms with Gasteiger partial charge in [-0.15, -0.1) is 5.10 Å². The summed E-state index contributed by atoms with van der Waals surface area (Å²) < 4.78 is 1.59. The average molecular weight is 227 g/mol. The Kier molecular flexibility index (Phi) is 2.87. The standard InChI is InChI=1S/C13H13N3O/c1-9(12-7-5-4-6-8-12)16-10(2)13(11(3)17)14-15-16/h4-8H,1H2,2-3H3. The third kappa shape index (κ3) is 2.01. The van der Waals surface area contributed by atoms with Gasteiger partial charge in [0.25, 0.3) is 0 Å². The molecular formula is C13H13N3O. The molecule has 1 aromatic carbocycles. The number of benzene rings is 1. The lowest BCUT2D eigenvalue weighted by Gasteiger charge is -2.06. The molecule has 0 spiro atoms. The smallest absolute Gasteiger partial charge is 0.181 e. The lowest BCUT2D eigenvalue weighted by Crippen LogP contribution is -2.03. The molecule has 0 amide bonds. The van der Waals surface area contributed by atoms with E-state index < -0.39 is 0 Å². The van der Waals surface area contributed by atoms with E-state index in [1.165, 1.54) is 6.92 Å². The number of hydrogen-bond acceptors (Lipinski definition) is 3. The molecule has 4 heteroatoms. The molecule has 0 bridgehead atoms. The van der Waals surface area contributed by atoms with Gasteiger partial charge in [-0.25, -0.2) is 4.68 Å². The lowest BCUT2D eigenvalue weighted by molar-refractivity contribution is 0.101. The Bertz CT molecular complexity index is 570. The monoisotopic (exact) mass is 227 g/mol. The molecule has 86 valence electrons. The molecule has 17 heavy (non-hydrogen) atoms. The molecule has 1 aromatic heterocycles. The molecule has 0 saturated carbocycles.